The van der Waals surface area contributed by atoms with E-state index in [-0.39, 0.29) is 11.3 Å². The summed E-state index contributed by atoms with van der Waals surface area (Å²) >= 11 is 0. The highest BCUT2D eigenvalue weighted by molar-refractivity contribution is 6.16. The second-order valence-corrected chi connectivity index (χ2v) is 5.01. The quantitative estimate of drug-likeness (QED) is 0.331. The average Bonchev–Trinajstić information content (AvgIpc) is 2.53. The molecule has 1 aliphatic rings. The Kier molecular flexibility index (Phi) is 4.75. The maximum atomic E-state index is 11.7. The van der Waals surface area contributed by atoms with Crippen molar-refractivity contribution in [2.45, 2.75) is 39.7 Å². The molecule has 0 radical (unpaired) electrons. The van der Waals surface area contributed by atoms with Crippen molar-refractivity contribution < 1.29 is 23.8 Å². The topological polar surface area (TPSA) is 61.8 Å². The van der Waals surface area contributed by atoms with Gasteiger partial charge in [-0.25, -0.2) is 9.59 Å². The van der Waals surface area contributed by atoms with Crippen LogP contribution in [0.15, 0.2) is 23.0 Å². The normalized spacial score (nSPS) is 17.0. The van der Waals surface area contributed by atoms with E-state index in [9.17, 15) is 9.59 Å². The third-order valence-corrected chi connectivity index (χ3v) is 2.63. The van der Waals surface area contributed by atoms with Gasteiger partial charge in [-0.15, -0.1) is 0 Å². The smallest absolute Gasteiger partial charge is 0.350 e. The van der Waals surface area contributed by atoms with Crippen LogP contribution < -0.4 is 0 Å². The lowest BCUT2D eigenvalue weighted by molar-refractivity contribution is -0.148. The van der Waals surface area contributed by atoms with Gasteiger partial charge < -0.3 is 14.2 Å². The maximum absolute atomic E-state index is 11.7. The molecule has 0 fully saturated rings. The van der Waals surface area contributed by atoms with Crippen LogP contribution in [0, 0.1) is 0 Å². The average molecular weight is 268 g/mol. The summed E-state index contributed by atoms with van der Waals surface area (Å²) in [7, 11) is 1.22. The molecule has 0 aromatic rings. The third kappa shape index (κ3) is 3.59. The summed E-state index contributed by atoms with van der Waals surface area (Å²) < 4.78 is 15.3. The monoisotopic (exact) mass is 268 g/mol. The van der Waals surface area contributed by atoms with Crippen LogP contribution in [0.1, 0.15) is 34.1 Å². The first-order chi connectivity index (χ1) is 8.79. The van der Waals surface area contributed by atoms with E-state index < -0.39 is 17.5 Å². The highest BCUT2D eigenvalue weighted by atomic mass is 16.6. The first-order valence-corrected chi connectivity index (χ1v) is 6.12. The van der Waals surface area contributed by atoms with Crippen LogP contribution in [-0.4, -0.2) is 31.3 Å². The minimum atomic E-state index is -0.939. The number of carbonyl (C=O) groups is 2. The van der Waals surface area contributed by atoms with Gasteiger partial charge in [0, 0.05) is 0 Å². The number of allylic oxidation sites excluding steroid dienone is 1. The van der Waals surface area contributed by atoms with Crippen molar-refractivity contribution in [3.8, 4) is 0 Å². The fourth-order valence-corrected chi connectivity index (χ4v) is 1.76. The van der Waals surface area contributed by atoms with Crippen molar-refractivity contribution in [3.63, 3.8) is 0 Å². The van der Waals surface area contributed by atoms with E-state index >= 15 is 0 Å². The highest BCUT2D eigenvalue weighted by Crippen LogP contribution is 2.33. The van der Waals surface area contributed by atoms with Gasteiger partial charge in [-0.05, 0) is 34.1 Å². The van der Waals surface area contributed by atoms with E-state index in [0.717, 1.165) is 0 Å². The fourth-order valence-electron chi connectivity index (χ4n) is 1.76. The molecule has 1 heterocycles. The Morgan fingerprint density at radius 3 is 2.53 bits per heavy atom. The predicted molar refractivity (Wildman–Crippen MR) is 69.2 cm³/mol. The van der Waals surface area contributed by atoms with Crippen LogP contribution in [0.4, 0.5) is 0 Å². The maximum Gasteiger partial charge on any atom is 0.350 e. The zero-order valence-corrected chi connectivity index (χ0v) is 12.0. The molecular formula is C14H20O5. The van der Waals surface area contributed by atoms with Crippen LogP contribution in [0.5, 0.6) is 0 Å². The number of cyclic esters (lactones) is 1. The Bertz CT molecular complexity index is 439. The Hall–Kier alpha value is -1.78. The number of esters is 2. The molecule has 5 heteroatoms. The predicted octanol–water partition coefficient (Wildman–Crippen LogP) is 2.12. The summed E-state index contributed by atoms with van der Waals surface area (Å²) in [6, 6.07) is 0. The van der Waals surface area contributed by atoms with E-state index in [0.29, 0.717) is 13.0 Å². The molecule has 1 aliphatic heterocycles. The van der Waals surface area contributed by atoms with Crippen LogP contribution in [-0.2, 0) is 23.8 Å². The third-order valence-electron chi connectivity index (χ3n) is 2.63. The standard InChI is InChI=1S/C14H20O5/c1-9(2)7-6-8-18-11-10(12(15)17-5)13(16)19-14(11,3)4/h7H,6,8H2,1-5H3. The summed E-state index contributed by atoms with van der Waals surface area (Å²) in [6.07, 6.45) is 2.72. The molecule has 0 amide bonds. The Morgan fingerprint density at radius 2 is 2.00 bits per heavy atom. The fraction of sp³-hybridized carbons (Fsp3) is 0.571. The molecule has 0 bridgehead atoms. The summed E-state index contributed by atoms with van der Waals surface area (Å²) in [4.78, 5) is 23.3. The second-order valence-electron chi connectivity index (χ2n) is 5.01. The van der Waals surface area contributed by atoms with Crippen LogP contribution in [0.25, 0.3) is 0 Å². The number of rotatable bonds is 5. The summed E-state index contributed by atoms with van der Waals surface area (Å²) in [6.45, 7) is 7.71. The minimum absolute atomic E-state index is 0.148. The lowest BCUT2D eigenvalue weighted by Crippen LogP contribution is -2.24. The molecule has 5 nitrogen and oxygen atoms in total. The molecule has 0 aromatic carbocycles. The number of hydrogen-bond acceptors (Lipinski definition) is 5. The largest absolute Gasteiger partial charge is 0.492 e. The molecule has 0 unspecified atom stereocenters. The number of hydrogen-bond donors (Lipinski definition) is 0. The summed E-state index contributed by atoms with van der Waals surface area (Å²) in [5.74, 6) is -1.19. The SMILES string of the molecule is COC(=O)C1=C(OCCC=C(C)C)C(C)(C)OC1=O. The molecule has 19 heavy (non-hydrogen) atoms. The molecule has 0 N–H and O–H groups in total. The molecule has 0 saturated carbocycles. The Labute approximate surface area is 113 Å². The van der Waals surface area contributed by atoms with Crippen LogP contribution in [0.2, 0.25) is 0 Å². The van der Waals surface area contributed by atoms with Gasteiger partial charge in [0.25, 0.3) is 0 Å². The second kappa shape index (κ2) is 5.91. The molecule has 0 spiro atoms. The molecule has 1 rings (SSSR count). The van der Waals surface area contributed by atoms with Gasteiger partial charge in [-0.1, -0.05) is 11.6 Å². The van der Waals surface area contributed by atoms with E-state index in [1.807, 2.05) is 19.9 Å². The molecular weight excluding hydrogens is 248 g/mol. The van der Waals surface area contributed by atoms with Crippen molar-refractivity contribution in [2.24, 2.45) is 0 Å². The van der Waals surface area contributed by atoms with Crippen molar-refractivity contribution >= 4 is 11.9 Å². The van der Waals surface area contributed by atoms with E-state index in [2.05, 4.69) is 4.74 Å². The van der Waals surface area contributed by atoms with E-state index in [1.165, 1.54) is 12.7 Å². The zero-order chi connectivity index (χ0) is 14.6. The molecule has 0 atom stereocenters. The highest BCUT2D eigenvalue weighted by Gasteiger charge is 2.46. The molecule has 0 saturated heterocycles. The van der Waals surface area contributed by atoms with Crippen molar-refractivity contribution in [1.82, 2.24) is 0 Å². The van der Waals surface area contributed by atoms with E-state index in [4.69, 9.17) is 9.47 Å². The summed E-state index contributed by atoms with van der Waals surface area (Å²) in [5.41, 5.74) is 0.0967. The van der Waals surface area contributed by atoms with Crippen molar-refractivity contribution in [3.05, 3.63) is 23.0 Å². The van der Waals surface area contributed by atoms with Crippen LogP contribution in [0.3, 0.4) is 0 Å². The van der Waals surface area contributed by atoms with Gasteiger partial charge in [0.05, 0.1) is 13.7 Å². The number of methoxy groups -OCH3 is 1. The Balaban J connectivity index is 2.89. The number of ether oxygens (including phenoxy) is 3. The van der Waals surface area contributed by atoms with Gasteiger partial charge >= 0.3 is 11.9 Å². The number of carbonyl (C=O) groups excluding carboxylic acids is 2. The Morgan fingerprint density at radius 1 is 1.37 bits per heavy atom. The van der Waals surface area contributed by atoms with Crippen molar-refractivity contribution in [1.29, 1.82) is 0 Å². The lowest BCUT2D eigenvalue weighted by Gasteiger charge is -2.21. The first kappa shape index (κ1) is 15.3. The van der Waals surface area contributed by atoms with Gasteiger partial charge in [0.15, 0.2) is 16.9 Å². The van der Waals surface area contributed by atoms with E-state index in [1.54, 1.807) is 13.8 Å². The van der Waals surface area contributed by atoms with Gasteiger partial charge in [-0.3, -0.25) is 0 Å². The van der Waals surface area contributed by atoms with Gasteiger partial charge in [0.1, 0.15) is 0 Å². The molecule has 0 aromatic heterocycles. The molecule has 0 aliphatic carbocycles. The minimum Gasteiger partial charge on any atom is -0.492 e. The van der Waals surface area contributed by atoms with Gasteiger partial charge in [-0.2, -0.15) is 0 Å². The molecule has 106 valence electrons. The van der Waals surface area contributed by atoms with Gasteiger partial charge in [0.2, 0.25) is 0 Å². The van der Waals surface area contributed by atoms with Crippen molar-refractivity contribution in [2.75, 3.05) is 13.7 Å². The lowest BCUT2D eigenvalue weighted by atomic mass is 10.1. The first-order valence-electron chi connectivity index (χ1n) is 6.12. The zero-order valence-electron chi connectivity index (χ0n) is 12.0. The summed E-state index contributed by atoms with van der Waals surface area (Å²) in [5, 5.41) is 0. The van der Waals surface area contributed by atoms with Crippen LogP contribution >= 0.6 is 0 Å².